The number of ether oxygens (including phenoxy) is 1. The summed E-state index contributed by atoms with van der Waals surface area (Å²) in [5, 5.41) is 3.42. The number of carbonyl (C=O) groups excluding carboxylic acids is 1. The van der Waals surface area contributed by atoms with Gasteiger partial charge in [0.15, 0.2) is 0 Å². The Labute approximate surface area is 130 Å². The highest BCUT2D eigenvalue weighted by Gasteiger charge is 2.17. The van der Waals surface area contributed by atoms with Crippen LogP contribution in [-0.4, -0.2) is 32.2 Å². The maximum absolute atomic E-state index is 12.6. The van der Waals surface area contributed by atoms with Gasteiger partial charge in [0.1, 0.15) is 0 Å². The summed E-state index contributed by atoms with van der Waals surface area (Å²) in [4.78, 5) is 14.3. The highest BCUT2D eigenvalue weighted by Crippen LogP contribution is 2.19. The van der Waals surface area contributed by atoms with E-state index < -0.39 is 0 Å². The molecule has 0 saturated carbocycles. The van der Waals surface area contributed by atoms with Gasteiger partial charge in [-0.15, -0.1) is 0 Å². The minimum absolute atomic E-state index is 0.0162. The lowest BCUT2D eigenvalue weighted by molar-refractivity contribution is 0.0993. The Bertz CT molecular complexity index is 637. The molecule has 1 saturated heterocycles. The molecule has 2 aromatic rings. The fraction of sp³-hybridized carbons (Fsp3) is 0.278. The largest absolute Gasteiger partial charge is 0.380 e. The van der Waals surface area contributed by atoms with Crippen molar-refractivity contribution in [3.05, 3.63) is 60.2 Å². The Morgan fingerprint density at radius 1 is 1.18 bits per heavy atom. The second-order valence-corrected chi connectivity index (χ2v) is 5.49. The number of benzene rings is 2. The third kappa shape index (κ3) is 3.28. The Balaban J connectivity index is 1.74. The molecule has 0 unspecified atom stereocenters. The summed E-state index contributed by atoms with van der Waals surface area (Å²) in [6.45, 7) is 1.52. The van der Waals surface area contributed by atoms with Crippen molar-refractivity contribution in [3.63, 3.8) is 0 Å². The number of para-hydroxylation sites is 1. The molecule has 22 heavy (non-hydrogen) atoms. The van der Waals surface area contributed by atoms with Crippen LogP contribution in [0.4, 0.5) is 11.4 Å². The number of carbonyl (C=O) groups is 1. The zero-order valence-electron chi connectivity index (χ0n) is 12.7. The summed E-state index contributed by atoms with van der Waals surface area (Å²) in [7, 11) is 1.79. The van der Waals surface area contributed by atoms with Gasteiger partial charge in [0.05, 0.1) is 12.6 Å². The van der Waals surface area contributed by atoms with Crippen molar-refractivity contribution in [3.8, 4) is 0 Å². The molecule has 0 aliphatic carbocycles. The number of hydrogen-bond donors (Lipinski definition) is 1. The van der Waals surface area contributed by atoms with Crippen LogP contribution in [0.1, 0.15) is 16.8 Å². The van der Waals surface area contributed by atoms with E-state index in [9.17, 15) is 4.79 Å². The predicted molar refractivity (Wildman–Crippen MR) is 88.5 cm³/mol. The smallest absolute Gasteiger partial charge is 0.258 e. The zero-order valence-corrected chi connectivity index (χ0v) is 12.7. The third-order valence-electron chi connectivity index (χ3n) is 3.86. The fourth-order valence-corrected chi connectivity index (χ4v) is 2.59. The second kappa shape index (κ2) is 6.62. The quantitative estimate of drug-likeness (QED) is 0.942. The molecule has 1 N–H and O–H groups in total. The second-order valence-electron chi connectivity index (χ2n) is 5.49. The molecule has 1 aliphatic heterocycles. The highest BCUT2D eigenvalue weighted by molar-refractivity contribution is 6.06. The molecule has 1 fully saturated rings. The number of amides is 1. The van der Waals surface area contributed by atoms with Gasteiger partial charge in [0.25, 0.3) is 5.91 Å². The lowest BCUT2D eigenvalue weighted by Gasteiger charge is -2.18. The molecule has 1 atom stereocenters. The monoisotopic (exact) mass is 296 g/mol. The van der Waals surface area contributed by atoms with Gasteiger partial charge in [-0.05, 0) is 36.8 Å². The Kier molecular flexibility index (Phi) is 4.39. The van der Waals surface area contributed by atoms with E-state index in [1.807, 2.05) is 54.6 Å². The van der Waals surface area contributed by atoms with Gasteiger partial charge < -0.3 is 15.0 Å². The van der Waals surface area contributed by atoms with Crippen molar-refractivity contribution in [2.75, 3.05) is 30.5 Å². The number of nitrogens with zero attached hydrogens (tertiary/aromatic N) is 1. The maximum atomic E-state index is 12.6. The van der Waals surface area contributed by atoms with E-state index in [-0.39, 0.29) is 5.91 Å². The van der Waals surface area contributed by atoms with Crippen LogP contribution in [0.2, 0.25) is 0 Å². The first-order valence-electron chi connectivity index (χ1n) is 7.51. The molecule has 0 radical (unpaired) electrons. The molecule has 3 rings (SSSR count). The predicted octanol–water partition coefficient (Wildman–Crippen LogP) is 3.16. The molecule has 2 aromatic carbocycles. The minimum atomic E-state index is -0.0162. The average molecular weight is 296 g/mol. The van der Waals surface area contributed by atoms with Crippen molar-refractivity contribution in [2.45, 2.75) is 12.5 Å². The van der Waals surface area contributed by atoms with Crippen LogP contribution in [0.3, 0.4) is 0 Å². The first-order chi connectivity index (χ1) is 10.7. The molecule has 4 nitrogen and oxygen atoms in total. The number of anilines is 2. The van der Waals surface area contributed by atoms with E-state index >= 15 is 0 Å². The van der Waals surface area contributed by atoms with Gasteiger partial charge in [-0.2, -0.15) is 0 Å². The van der Waals surface area contributed by atoms with Crippen molar-refractivity contribution in [1.29, 1.82) is 0 Å². The summed E-state index contributed by atoms with van der Waals surface area (Å²) in [5.74, 6) is -0.0162. The number of rotatable bonds is 4. The highest BCUT2D eigenvalue weighted by atomic mass is 16.5. The average Bonchev–Trinajstić information content (AvgIpc) is 3.07. The SMILES string of the molecule is CN(C(=O)c1cccc(N[C@@H]2CCOC2)c1)c1ccccc1. The molecule has 0 bridgehead atoms. The molecular formula is C18H20N2O2. The number of nitrogens with one attached hydrogen (secondary N) is 1. The van der Waals surface area contributed by atoms with E-state index in [0.717, 1.165) is 31.0 Å². The van der Waals surface area contributed by atoms with Crippen LogP contribution < -0.4 is 10.2 Å². The Hall–Kier alpha value is -2.33. The summed E-state index contributed by atoms with van der Waals surface area (Å²) in [6, 6.07) is 17.6. The molecule has 114 valence electrons. The molecule has 1 aliphatic rings. The lowest BCUT2D eigenvalue weighted by Crippen LogP contribution is -2.26. The van der Waals surface area contributed by atoms with Gasteiger partial charge in [-0.25, -0.2) is 0 Å². The summed E-state index contributed by atoms with van der Waals surface area (Å²) >= 11 is 0. The van der Waals surface area contributed by atoms with Crippen LogP contribution >= 0.6 is 0 Å². The van der Waals surface area contributed by atoms with Crippen molar-refractivity contribution in [2.24, 2.45) is 0 Å². The van der Waals surface area contributed by atoms with Gasteiger partial charge in [0, 0.05) is 30.6 Å². The minimum Gasteiger partial charge on any atom is -0.380 e. The molecule has 4 heteroatoms. The van der Waals surface area contributed by atoms with Crippen LogP contribution in [0.5, 0.6) is 0 Å². The van der Waals surface area contributed by atoms with Gasteiger partial charge in [0.2, 0.25) is 0 Å². The molecule has 1 amide bonds. The molecular weight excluding hydrogens is 276 g/mol. The van der Waals surface area contributed by atoms with E-state index in [1.165, 1.54) is 0 Å². The topological polar surface area (TPSA) is 41.6 Å². The van der Waals surface area contributed by atoms with Crippen LogP contribution in [-0.2, 0) is 4.74 Å². The fourth-order valence-electron chi connectivity index (χ4n) is 2.59. The number of hydrogen-bond acceptors (Lipinski definition) is 3. The van der Waals surface area contributed by atoms with E-state index in [1.54, 1.807) is 11.9 Å². The van der Waals surface area contributed by atoms with Crippen LogP contribution in [0.15, 0.2) is 54.6 Å². The van der Waals surface area contributed by atoms with Gasteiger partial charge in [-0.1, -0.05) is 24.3 Å². The Morgan fingerprint density at radius 2 is 2.00 bits per heavy atom. The van der Waals surface area contributed by atoms with Crippen molar-refractivity contribution < 1.29 is 9.53 Å². The maximum Gasteiger partial charge on any atom is 0.258 e. The van der Waals surface area contributed by atoms with E-state index in [4.69, 9.17) is 4.74 Å². The molecule has 0 aromatic heterocycles. The summed E-state index contributed by atoms with van der Waals surface area (Å²) < 4.78 is 5.37. The van der Waals surface area contributed by atoms with E-state index in [2.05, 4.69) is 5.32 Å². The van der Waals surface area contributed by atoms with Gasteiger partial charge >= 0.3 is 0 Å². The first-order valence-corrected chi connectivity index (χ1v) is 7.51. The van der Waals surface area contributed by atoms with Crippen LogP contribution in [0.25, 0.3) is 0 Å². The third-order valence-corrected chi connectivity index (χ3v) is 3.86. The van der Waals surface area contributed by atoms with Crippen molar-refractivity contribution >= 4 is 17.3 Å². The lowest BCUT2D eigenvalue weighted by atomic mass is 10.1. The van der Waals surface area contributed by atoms with E-state index in [0.29, 0.717) is 11.6 Å². The molecule has 0 spiro atoms. The van der Waals surface area contributed by atoms with Gasteiger partial charge in [-0.3, -0.25) is 4.79 Å². The van der Waals surface area contributed by atoms with Crippen molar-refractivity contribution in [1.82, 2.24) is 0 Å². The normalized spacial score (nSPS) is 17.2. The standard InChI is InChI=1S/C18H20N2O2/c1-20(17-8-3-2-4-9-17)18(21)14-6-5-7-15(12-14)19-16-10-11-22-13-16/h2-9,12,16,19H,10-11,13H2,1H3/t16-/m1/s1. The summed E-state index contributed by atoms with van der Waals surface area (Å²) in [5.41, 5.74) is 2.52. The zero-order chi connectivity index (χ0) is 15.4. The molecule has 1 heterocycles. The summed E-state index contributed by atoms with van der Waals surface area (Å²) in [6.07, 6.45) is 1.00. The van der Waals surface area contributed by atoms with Crippen LogP contribution in [0, 0.1) is 0 Å². The first kappa shape index (κ1) is 14.6. The Morgan fingerprint density at radius 3 is 2.73 bits per heavy atom.